The fraction of sp³-hybridized carbons (Fsp3) is 0.429. The highest BCUT2D eigenvalue weighted by molar-refractivity contribution is 5.94. The molecule has 1 aliphatic heterocycles. The molecule has 0 spiro atoms. The van der Waals surface area contributed by atoms with Crippen LogP contribution in [0.2, 0.25) is 0 Å². The number of likely N-dealkylation sites (tertiary alicyclic amines) is 1. The van der Waals surface area contributed by atoms with E-state index in [1.807, 2.05) is 41.7 Å². The van der Waals surface area contributed by atoms with Crippen LogP contribution < -0.4 is 0 Å². The van der Waals surface area contributed by atoms with Gasteiger partial charge in [0.1, 0.15) is 5.82 Å². The SMILES string of the molecule is O=C(c1n[nH]c2c1CCC2)N1CCCC(c2nccn2Cc2ccccn2)C1. The van der Waals surface area contributed by atoms with Crippen LogP contribution in [0, 0.1) is 0 Å². The Bertz CT molecular complexity index is 976. The molecule has 1 saturated heterocycles. The summed E-state index contributed by atoms with van der Waals surface area (Å²) >= 11 is 0. The zero-order valence-electron chi connectivity index (χ0n) is 15.8. The van der Waals surface area contributed by atoms with Crippen LogP contribution in [0.5, 0.6) is 0 Å². The van der Waals surface area contributed by atoms with Gasteiger partial charge in [-0.25, -0.2) is 4.98 Å². The van der Waals surface area contributed by atoms with Gasteiger partial charge in [0.15, 0.2) is 5.69 Å². The number of hydrogen-bond acceptors (Lipinski definition) is 4. The second kappa shape index (κ2) is 7.22. The van der Waals surface area contributed by atoms with Crippen molar-refractivity contribution in [2.75, 3.05) is 13.1 Å². The zero-order valence-corrected chi connectivity index (χ0v) is 15.8. The normalized spacial score (nSPS) is 19.0. The van der Waals surface area contributed by atoms with Crippen LogP contribution in [-0.4, -0.2) is 48.6 Å². The van der Waals surface area contributed by atoms with E-state index in [2.05, 4.69) is 24.7 Å². The maximum absolute atomic E-state index is 13.1. The number of aromatic amines is 1. The molecule has 0 bridgehead atoms. The molecule has 28 heavy (non-hydrogen) atoms. The lowest BCUT2D eigenvalue weighted by atomic mass is 9.96. The molecule has 1 aliphatic carbocycles. The van der Waals surface area contributed by atoms with E-state index in [0.717, 1.165) is 61.4 Å². The summed E-state index contributed by atoms with van der Waals surface area (Å²) in [5.41, 5.74) is 3.91. The first-order valence-electron chi connectivity index (χ1n) is 10.1. The Morgan fingerprint density at radius 3 is 3.04 bits per heavy atom. The zero-order chi connectivity index (χ0) is 18.9. The first-order chi connectivity index (χ1) is 13.8. The van der Waals surface area contributed by atoms with Crippen LogP contribution in [0.15, 0.2) is 36.8 Å². The largest absolute Gasteiger partial charge is 0.337 e. The molecule has 0 saturated carbocycles. The number of pyridine rings is 1. The van der Waals surface area contributed by atoms with E-state index in [4.69, 9.17) is 0 Å². The van der Waals surface area contributed by atoms with Gasteiger partial charge in [-0.1, -0.05) is 6.07 Å². The number of imidazole rings is 1. The lowest BCUT2D eigenvalue weighted by Gasteiger charge is -2.32. The number of nitrogens with one attached hydrogen (secondary N) is 1. The summed E-state index contributed by atoms with van der Waals surface area (Å²) in [6, 6.07) is 5.95. The molecular formula is C21H24N6O. The van der Waals surface area contributed by atoms with E-state index < -0.39 is 0 Å². The Morgan fingerprint density at radius 1 is 1.18 bits per heavy atom. The van der Waals surface area contributed by atoms with Gasteiger partial charge in [0.05, 0.1) is 12.2 Å². The van der Waals surface area contributed by atoms with Gasteiger partial charge in [0.25, 0.3) is 5.91 Å². The molecule has 2 aliphatic rings. The Hall–Kier alpha value is -2.96. The third-order valence-corrected chi connectivity index (χ3v) is 5.89. The molecular weight excluding hydrogens is 352 g/mol. The van der Waals surface area contributed by atoms with Gasteiger partial charge in [-0.05, 0) is 44.2 Å². The molecule has 1 fully saturated rings. The lowest BCUT2D eigenvalue weighted by Crippen LogP contribution is -2.40. The standard InChI is InChI=1S/C21H24N6O/c28-21(19-17-7-3-8-18(17)24-25-19)27-11-4-5-15(13-27)20-23-10-12-26(20)14-16-6-1-2-9-22-16/h1-2,6,9-10,12,15H,3-5,7-8,11,13-14H2,(H,24,25). The first-order valence-corrected chi connectivity index (χ1v) is 10.1. The topological polar surface area (TPSA) is 79.7 Å². The number of rotatable bonds is 4. The monoisotopic (exact) mass is 376 g/mol. The number of H-pyrrole nitrogens is 1. The fourth-order valence-corrected chi connectivity index (χ4v) is 4.50. The number of piperidine rings is 1. The van der Waals surface area contributed by atoms with E-state index in [1.54, 1.807) is 0 Å². The Kier molecular flexibility index (Phi) is 4.43. The number of fused-ring (bicyclic) bond motifs is 1. The summed E-state index contributed by atoms with van der Waals surface area (Å²) in [4.78, 5) is 24.1. The molecule has 1 unspecified atom stereocenters. The van der Waals surface area contributed by atoms with E-state index in [9.17, 15) is 4.79 Å². The predicted octanol–water partition coefficient (Wildman–Crippen LogP) is 2.56. The summed E-state index contributed by atoms with van der Waals surface area (Å²) in [5, 5.41) is 7.39. The van der Waals surface area contributed by atoms with E-state index in [-0.39, 0.29) is 11.8 Å². The molecule has 144 valence electrons. The third kappa shape index (κ3) is 3.10. The Labute approximate surface area is 163 Å². The fourth-order valence-electron chi connectivity index (χ4n) is 4.50. The van der Waals surface area contributed by atoms with Crippen molar-refractivity contribution in [2.45, 2.75) is 44.6 Å². The number of amides is 1. The minimum Gasteiger partial charge on any atom is -0.337 e. The Balaban J connectivity index is 1.34. The van der Waals surface area contributed by atoms with E-state index in [1.165, 1.54) is 0 Å². The highest BCUT2D eigenvalue weighted by Crippen LogP contribution is 2.29. The third-order valence-electron chi connectivity index (χ3n) is 5.89. The highest BCUT2D eigenvalue weighted by atomic mass is 16.2. The first kappa shape index (κ1) is 17.2. The lowest BCUT2D eigenvalue weighted by molar-refractivity contribution is 0.0696. The molecule has 3 aromatic rings. The van der Waals surface area contributed by atoms with Gasteiger partial charge in [-0.15, -0.1) is 0 Å². The summed E-state index contributed by atoms with van der Waals surface area (Å²) in [7, 11) is 0. The minimum atomic E-state index is 0.0620. The van der Waals surface area contributed by atoms with Crippen molar-refractivity contribution in [1.82, 2.24) is 29.6 Å². The molecule has 1 amide bonds. The number of hydrogen-bond donors (Lipinski definition) is 1. The van der Waals surface area contributed by atoms with Crippen LogP contribution >= 0.6 is 0 Å². The molecule has 0 radical (unpaired) electrons. The molecule has 4 heterocycles. The van der Waals surface area contributed by atoms with Crippen LogP contribution in [0.1, 0.15) is 58.4 Å². The summed E-state index contributed by atoms with van der Waals surface area (Å²) in [5.74, 6) is 1.34. The number of nitrogens with zero attached hydrogens (tertiary/aromatic N) is 5. The average molecular weight is 376 g/mol. The minimum absolute atomic E-state index is 0.0620. The second-order valence-electron chi connectivity index (χ2n) is 7.71. The molecule has 3 aromatic heterocycles. The maximum atomic E-state index is 13.1. The molecule has 5 rings (SSSR count). The summed E-state index contributed by atoms with van der Waals surface area (Å²) in [6.07, 6.45) is 10.8. The van der Waals surface area contributed by atoms with Crippen LogP contribution in [0.3, 0.4) is 0 Å². The molecule has 0 aromatic carbocycles. The number of carbonyl (C=O) groups is 1. The van der Waals surface area contributed by atoms with Crippen molar-refractivity contribution < 1.29 is 4.79 Å². The van der Waals surface area contributed by atoms with Crippen LogP contribution in [-0.2, 0) is 19.4 Å². The summed E-state index contributed by atoms with van der Waals surface area (Å²) < 4.78 is 2.16. The number of aryl methyl sites for hydroxylation is 1. The van der Waals surface area contributed by atoms with Crippen LogP contribution in [0.25, 0.3) is 0 Å². The molecule has 7 nitrogen and oxygen atoms in total. The average Bonchev–Trinajstić information content (AvgIpc) is 3.45. The quantitative estimate of drug-likeness (QED) is 0.759. The maximum Gasteiger partial charge on any atom is 0.274 e. The van der Waals surface area contributed by atoms with Gasteiger partial charge >= 0.3 is 0 Å². The van der Waals surface area contributed by atoms with Crippen molar-refractivity contribution in [3.8, 4) is 0 Å². The summed E-state index contributed by atoms with van der Waals surface area (Å²) in [6.45, 7) is 2.19. The van der Waals surface area contributed by atoms with Gasteiger partial charge in [0.2, 0.25) is 0 Å². The number of carbonyl (C=O) groups excluding carboxylic acids is 1. The molecule has 1 atom stereocenters. The van der Waals surface area contributed by atoms with Gasteiger partial charge in [-0.3, -0.25) is 14.9 Å². The van der Waals surface area contributed by atoms with E-state index >= 15 is 0 Å². The van der Waals surface area contributed by atoms with Gasteiger partial charge in [0, 0.05) is 48.9 Å². The number of aromatic nitrogens is 5. The molecule has 7 heteroatoms. The highest BCUT2D eigenvalue weighted by Gasteiger charge is 2.31. The van der Waals surface area contributed by atoms with Gasteiger partial charge in [-0.2, -0.15) is 5.10 Å². The van der Waals surface area contributed by atoms with E-state index in [0.29, 0.717) is 18.8 Å². The predicted molar refractivity (Wildman–Crippen MR) is 104 cm³/mol. The van der Waals surface area contributed by atoms with Crippen molar-refractivity contribution in [3.63, 3.8) is 0 Å². The molecule has 1 N–H and O–H groups in total. The van der Waals surface area contributed by atoms with Crippen molar-refractivity contribution in [3.05, 3.63) is 65.3 Å². The smallest absolute Gasteiger partial charge is 0.274 e. The van der Waals surface area contributed by atoms with Crippen LogP contribution in [0.4, 0.5) is 0 Å². The second-order valence-corrected chi connectivity index (χ2v) is 7.71. The van der Waals surface area contributed by atoms with Crippen molar-refractivity contribution in [2.24, 2.45) is 0 Å². The Morgan fingerprint density at radius 2 is 2.14 bits per heavy atom. The van der Waals surface area contributed by atoms with Crippen molar-refractivity contribution in [1.29, 1.82) is 0 Å². The van der Waals surface area contributed by atoms with Crippen molar-refractivity contribution >= 4 is 5.91 Å². The van der Waals surface area contributed by atoms with Gasteiger partial charge < -0.3 is 9.47 Å².